The molecule has 1 unspecified atom stereocenters. The van der Waals surface area contributed by atoms with Crippen molar-refractivity contribution >= 4 is 5.91 Å². The Kier molecular flexibility index (Phi) is 5.02. The van der Waals surface area contributed by atoms with Gasteiger partial charge in [0.15, 0.2) is 11.5 Å². The van der Waals surface area contributed by atoms with Crippen LogP contribution in [0.5, 0.6) is 11.5 Å². The fraction of sp³-hybridized carbons (Fsp3) is 0.333. The van der Waals surface area contributed by atoms with Crippen molar-refractivity contribution in [1.82, 2.24) is 30.0 Å². The maximum absolute atomic E-state index is 12.9. The molecule has 1 saturated heterocycles. The minimum atomic E-state index is -0.600. The first-order valence-electron chi connectivity index (χ1n) is 9.99. The highest BCUT2D eigenvalue weighted by atomic mass is 16.6. The molecule has 0 N–H and O–H groups in total. The van der Waals surface area contributed by atoms with Crippen LogP contribution in [0, 0.1) is 0 Å². The Morgan fingerprint density at radius 2 is 1.70 bits per heavy atom. The van der Waals surface area contributed by atoms with Gasteiger partial charge in [-0.3, -0.25) is 9.69 Å². The Morgan fingerprint density at radius 1 is 0.967 bits per heavy atom. The average molecular weight is 406 g/mol. The molecule has 9 nitrogen and oxygen atoms in total. The van der Waals surface area contributed by atoms with Gasteiger partial charge in [-0.25, -0.2) is 0 Å². The van der Waals surface area contributed by atoms with E-state index in [4.69, 9.17) is 9.47 Å². The molecule has 5 rings (SSSR count). The molecule has 1 amide bonds. The SMILES string of the molecule is O=C(C1COc2ccccc2O1)N1CCN(Cn2nnc(-c3ccccc3)n2)CC1. The third-order valence-electron chi connectivity index (χ3n) is 5.28. The molecule has 1 aromatic heterocycles. The van der Waals surface area contributed by atoms with Gasteiger partial charge in [0.25, 0.3) is 5.91 Å². The van der Waals surface area contributed by atoms with Gasteiger partial charge in [-0.1, -0.05) is 42.5 Å². The van der Waals surface area contributed by atoms with E-state index in [0.717, 1.165) is 18.7 Å². The number of aromatic nitrogens is 4. The maximum Gasteiger partial charge on any atom is 0.267 e. The molecule has 0 bridgehead atoms. The van der Waals surface area contributed by atoms with Crippen LogP contribution in [-0.4, -0.2) is 74.8 Å². The number of amides is 1. The molecule has 3 heterocycles. The predicted molar refractivity (Wildman–Crippen MR) is 108 cm³/mol. The van der Waals surface area contributed by atoms with Crippen LogP contribution in [-0.2, 0) is 11.5 Å². The number of nitrogens with zero attached hydrogens (tertiary/aromatic N) is 6. The molecule has 0 spiro atoms. The maximum atomic E-state index is 12.9. The summed E-state index contributed by atoms with van der Waals surface area (Å²) in [6, 6.07) is 17.2. The summed E-state index contributed by atoms with van der Waals surface area (Å²) in [6.07, 6.45) is -0.600. The first-order chi connectivity index (χ1) is 14.8. The second kappa shape index (κ2) is 8.11. The van der Waals surface area contributed by atoms with Crippen LogP contribution in [0.2, 0.25) is 0 Å². The molecule has 154 valence electrons. The van der Waals surface area contributed by atoms with Crippen LogP contribution in [0.3, 0.4) is 0 Å². The van der Waals surface area contributed by atoms with E-state index in [1.54, 1.807) is 4.80 Å². The van der Waals surface area contributed by atoms with Crippen LogP contribution >= 0.6 is 0 Å². The van der Waals surface area contributed by atoms with Crippen LogP contribution in [0.1, 0.15) is 0 Å². The second-order valence-electron chi connectivity index (χ2n) is 7.30. The first kappa shape index (κ1) is 18.6. The van der Waals surface area contributed by atoms with Crippen molar-refractivity contribution in [2.75, 3.05) is 32.8 Å². The zero-order valence-corrected chi connectivity index (χ0v) is 16.4. The molecule has 2 aliphatic rings. The van der Waals surface area contributed by atoms with Gasteiger partial charge in [0.1, 0.15) is 13.3 Å². The van der Waals surface area contributed by atoms with E-state index < -0.39 is 6.10 Å². The number of para-hydroxylation sites is 2. The summed E-state index contributed by atoms with van der Waals surface area (Å²) in [6.45, 7) is 3.50. The highest BCUT2D eigenvalue weighted by Gasteiger charge is 2.32. The lowest BCUT2D eigenvalue weighted by Crippen LogP contribution is -2.54. The number of ether oxygens (including phenoxy) is 2. The second-order valence-corrected chi connectivity index (χ2v) is 7.30. The van der Waals surface area contributed by atoms with Crippen molar-refractivity contribution in [2.24, 2.45) is 0 Å². The molecule has 2 aliphatic heterocycles. The zero-order valence-electron chi connectivity index (χ0n) is 16.4. The van der Waals surface area contributed by atoms with Crippen molar-refractivity contribution in [3.8, 4) is 22.9 Å². The molecule has 0 aliphatic carbocycles. The number of tetrazole rings is 1. The summed E-state index contributed by atoms with van der Waals surface area (Å²) >= 11 is 0. The third-order valence-corrected chi connectivity index (χ3v) is 5.28. The smallest absolute Gasteiger partial charge is 0.267 e. The van der Waals surface area contributed by atoms with E-state index in [9.17, 15) is 4.79 Å². The van der Waals surface area contributed by atoms with E-state index in [0.29, 0.717) is 37.1 Å². The molecule has 3 aromatic rings. The Morgan fingerprint density at radius 3 is 2.50 bits per heavy atom. The number of piperazine rings is 1. The van der Waals surface area contributed by atoms with Gasteiger partial charge in [0.2, 0.25) is 11.9 Å². The quantitative estimate of drug-likeness (QED) is 0.645. The number of hydrogen-bond donors (Lipinski definition) is 0. The van der Waals surface area contributed by atoms with Crippen LogP contribution < -0.4 is 9.47 Å². The molecule has 2 aromatic carbocycles. The van der Waals surface area contributed by atoms with Crippen molar-refractivity contribution < 1.29 is 14.3 Å². The number of fused-ring (bicyclic) bond motifs is 1. The lowest BCUT2D eigenvalue weighted by atomic mass is 10.2. The summed E-state index contributed by atoms with van der Waals surface area (Å²) in [4.78, 5) is 18.5. The minimum Gasteiger partial charge on any atom is -0.485 e. The molecule has 1 fully saturated rings. The zero-order chi connectivity index (χ0) is 20.3. The van der Waals surface area contributed by atoms with Gasteiger partial charge in [-0.15, -0.1) is 15.0 Å². The summed E-state index contributed by atoms with van der Waals surface area (Å²) in [5.74, 6) is 1.88. The average Bonchev–Trinajstić information content (AvgIpc) is 3.28. The van der Waals surface area contributed by atoms with E-state index in [1.165, 1.54) is 0 Å². The van der Waals surface area contributed by atoms with E-state index >= 15 is 0 Å². The standard InChI is InChI=1S/C21H22N6O3/c28-21(19-14-29-17-8-4-5-9-18(17)30-19)26-12-10-25(11-13-26)15-27-23-20(22-24-27)16-6-2-1-3-7-16/h1-9,19H,10-15H2. The minimum absolute atomic E-state index is 0.0330. The van der Waals surface area contributed by atoms with E-state index in [-0.39, 0.29) is 12.5 Å². The number of benzene rings is 2. The van der Waals surface area contributed by atoms with Gasteiger partial charge in [0.05, 0.1) is 0 Å². The molecule has 0 saturated carbocycles. The topological polar surface area (TPSA) is 85.6 Å². The lowest BCUT2D eigenvalue weighted by Gasteiger charge is -2.36. The van der Waals surface area contributed by atoms with Gasteiger partial charge < -0.3 is 14.4 Å². The van der Waals surface area contributed by atoms with Gasteiger partial charge in [0, 0.05) is 31.7 Å². The summed E-state index contributed by atoms with van der Waals surface area (Å²) in [5, 5.41) is 12.7. The van der Waals surface area contributed by atoms with Crippen LogP contribution in [0.15, 0.2) is 54.6 Å². The Balaban J connectivity index is 1.14. The monoisotopic (exact) mass is 406 g/mol. The summed E-state index contributed by atoms with van der Waals surface area (Å²) < 4.78 is 11.5. The van der Waals surface area contributed by atoms with Crippen molar-refractivity contribution in [3.63, 3.8) is 0 Å². The molecule has 30 heavy (non-hydrogen) atoms. The Labute approximate surface area is 173 Å². The van der Waals surface area contributed by atoms with Crippen LogP contribution in [0.25, 0.3) is 11.4 Å². The van der Waals surface area contributed by atoms with Gasteiger partial charge in [-0.05, 0) is 17.3 Å². The van der Waals surface area contributed by atoms with Crippen molar-refractivity contribution in [3.05, 3.63) is 54.6 Å². The normalized spacial score (nSPS) is 18.9. The van der Waals surface area contributed by atoms with Crippen molar-refractivity contribution in [1.29, 1.82) is 0 Å². The molecule has 1 atom stereocenters. The molecule has 0 radical (unpaired) electrons. The lowest BCUT2D eigenvalue weighted by molar-refractivity contribution is -0.143. The molecular formula is C21H22N6O3. The number of carbonyl (C=O) groups excluding carboxylic acids is 1. The highest BCUT2D eigenvalue weighted by Crippen LogP contribution is 2.31. The number of hydrogen-bond acceptors (Lipinski definition) is 7. The van der Waals surface area contributed by atoms with Crippen LogP contribution in [0.4, 0.5) is 0 Å². The van der Waals surface area contributed by atoms with E-state index in [1.807, 2.05) is 59.5 Å². The fourth-order valence-corrected chi connectivity index (χ4v) is 3.64. The summed E-state index contributed by atoms with van der Waals surface area (Å²) in [7, 11) is 0. The van der Waals surface area contributed by atoms with Gasteiger partial charge >= 0.3 is 0 Å². The highest BCUT2D eigenvalue weighted by molar-refractivity contribution is 5.82. The fourth-order valence-electron chi connectivity index (χ4n) is 3.64. The Bertz CT molecular complexity index is 1020. The third kappa shape index (κ3) is 3.84. The number of carbonyl (C=O) groups is 1. The van der Waals surface area contributed by atoms with E-state index in [2.05, 4.69) is 20.3 Å². The molecular weight excluding hydrogens is 384 g/mol. The van der Waals surface area contributed by atoms with Gasteiger partial charge in [-0.2, -0.15) is 0 Å². The van der Waals surface area contributed by atoms with Crippen molar-refractivity contribution in [2.45, 2.75) is 12.8 Å². The Hall–Kier alpha value is -3.46. The largest absolute Gasteiger partial charge is 0.485 e. The molecule has 9 heteroatoms. The first-order valence-corrected chi connectivity index (χ1v) is 9.99. The number of rotatable bonds is 4. The summed E-state index contributed by atoms with van der Waals surface area (Å²) in [5.41, 5.74) is 0.940. The predicted octanol–water partition coefficient (Wildman–Crippen LogP) is 1.28.